The van der Waals surface area contributed by atoms with Crippen molar-refractivity contribution in [1.29, 1.82) is 0 Å². The van der Waals surface area contributed by atoms with E-state index >= 15 is 0 Å². The Kier molecular flexibility index (Phi) is 5.74. The maximum absolute atomic E-state index is 13.4. The fourth-order valence-corrected chi connectivity index (χ4v) is 2.10. The molecular weight excluding hydrogens is 237 g/mol. The molecule has 1 nitrogen and oxygen atoms in total. The second-order valence-corrected chi connectivity index (χ2v) is 5.85. The lowest BCUT2D eigenvalue weighted by atomic mass is 9.85. The van der Waals surface area contributed by atoms with E-state index < -0.39 is 0 Å². The first kappa shape index (κ1) is 15.9. The predicted octanol–water partition coefficient (Wildman–Crippen LogP) is 4.43. The quantitative estimate of drug-likeness (QED) is 0.749. The van der Waals surface area contributed by atoms with E-state index in [0.717, 1.165) is 12.1 Å². The van der Waals surface area contributed by atoms with Crippen LogP contribution in [-0.2, 0) is 0 Å². The van der Waals surface area contributed by atoms with Crippen molar-refractivity contribution >= 4 is 0 Å². The zero-order chi connectivity index (χ0) is 14.6. The van der Waals surface area contributed by atoms with Gasteiger partial charge in [0, 0.05) is 18.5 Å². The molecule has 0 bridgehead atoms. The minimum Gasteiger partial charge on any atom is -0.314 e. The second kappa shape index (κ2) is 6.85. The molecule has 1 atom stereocenters. The van der Waals surface area contributed by atoms with E-state index in [-0.39, 0.29) is 11.7 Å². The highest BCUT2D eigenvalue weighted by atomic mass is 19.1. The van der Waals surface area contributed by atoms with Crippen LogP contribution in [0, 0.1) is 18.7 Å². The van der Waals surface area contributed by atoms with Crippen LogP contribution >= 0.6 is 0 Å². The van der Waals surface area contributed by atoms with Gasteiger partial charge in [-0.15, -0.1) is 0 Å². The Morgan fingerprint density at radius 2 is 1.89 bits per heavy atom. The smallest absolute Gasteiger partial charge is 0.126 e. The van der Waals surface area contributed by atoms with Gasteiger partial charge in [-0.1, -0.05) is 52.0 Å². The van der Waals surface area contributed by atoms with Crippen molar-refractivity contribution in [2.45, 2.75) is 46.6 Å². The van der Waals surface area contributed by atoms with Gasteiger partial charge in [-0.05, 0) is 30.0 Å². The van der Waals surface area contributed by atoms with Crippen molar-refractivity contribution < 1.29 is 4.39 Å². The van der Waals surface area contributed by atoms with E-state index in [1.165, 1.54) is 5.57 Å². The molecule has 1 aromatic carbocycles. The van der Waals surface area contributed by atoms with Crippen molar-refractivity contribution in [3.63, 3.8) is 0 Å². The van der Waals surface area contributed by atoms with Gasteiger partial charge in [-0.25, -0.2) is 4.39 Å². The van der Waals surface area contributed by atoms with Crippen LogP contribution in [0.4, 0.5) is 4.39 Å². The van der Waals surface area contributed by atoms with Gasteiger partial charge >= 0.3 is 0 Å². The van der Waals surface area contributed by atoms with E-state index in [4.69, 9.17) is 0 Å². The number of hydrogen-bond acceptors (Lipinski definition) is 1. The van der Waals surface area contributed by atoms with Gasteiger partial charge in [0.15, 0.2) is 0 Å². The molecule has 2 heteroatoms. The van der Waals surface area contributed by atoms with Gasteiger partial charge in [0.1, 0.15) is 5.82 Å². The lowest BCUT2D eigenvalue weighted by molar-refractivity contribution is 0.534. The summed E-state index contributed by atoms with van der Waals surface area (Å²) in [7, 11) is 0. The maximum Gasteiger partial charge on any atom is 0.126 e. The number of nitrogens with one attached hydrogen (secondary N) is 1. The molecule has 1 rings (SSSR count). The Hall–Kier alpha value is -1.15. The summed E-state index contributed by atoms with van der Waals surface area (Å²) in [6, 6.07) is 5.81. The molecule has 0 aromatic heterocycles. The summed E-state index contributed by atoms with van der Waals surface area (Å²) in [6.45, 7) is 15.5. The van der Waals surface area contributed by atoms with E-state index in [2.05, 4.69) is 39.6 Å². The molecule has 0 radical (unpaired) electrons. The number of rotatable bonds is 6. The molecule has 0 aliphatic heterocycles. The molecule has 1 N–H and O–H groups in total. The van der Waals surface area contributed by atoms with Crippen molar-refractivity contribution in [2.75, 3.05) is 6.54 Å². The van der Waals surface area contributed by atoms with Crippen LogP contribution in [0.1, 0.15) is 44.7 Å². The van der Waals surface area contributed by atoms with Crippen molar-refractivity contribution in [2.24, 2.45) is 5.92 Å². The van der Waals surface area contributed by atoms with Crippen LogP contribution in [0.15, 0.2) is 30.4 Å². The number of halogens is 1. The first-order valence-electron chi connectivity index (χ1n) is 7.01. The first-order chi connectivity index (χ1) is 8.82. The highest BCUT2D eigenvalue weighted by Gasteiger charge is 2.18. The molecule has 106 valence electrons. The maximum atomic E-state index is 13.4. The molecular formula is C17H26FN. The highest BCUT2D eigenvalue weighted by Crippen LogP contribution is 2.29. The number of aryl methyl sites for hydroxylation is 1. The molecule has 0 saturated carbocycles. The van der Waals surface area contributed by atoms with Crippen LogP contribution in [0.2, 0.25) is 0 Å². The third kappa shape index (κ3) is 4.46. The summed E-state index contributed by atoms with van der Waals surface area (Å²) >= 11 is 0. The molecule has 0 heterocycles. The van der Waals surface area contributed by atoms with E-state index in [1.54, 1.807) is 6.07 Å². The van der Waals surface area contributed by atoms with Gasteiger partial charge in [0.25, 0.3) is 0 Å². The average molecular weight is 263 g/mol. The summed E-state index contributed by atoms with van der Waals surface area (Å²) in [6.07, 6.45) is 0. The molecule has 0 aliphatic rings. The van der Waals surface area contributed by atoms with Gasteiger partial charge in [0.2, 0.25) is 0 Å². The largest absolute Gasteiger partial charge is 0.314 e. The van der Waals surface area contributed by atoms with Crippen LogP contribution in [0.25, 0.3) is 0 Å². The Morgan fingerprint density at radius 3 is 2.37 bits per heavy atom. The Morgan fingerprint density at radius 1 is 1.26 bits per heavy atom. The summed E-state index contributed by atoms with van der Waals surface area (Å²) in [5.74, 6) is 0.514. The van der Waals surface area contributed by atoms with Crippen LogP contribution in [0.3, 0.4) is 0 Å². The molecule has 0 unspecified atom stereocenters. The zero-order valence-electron chi connectivity index (χ0n) is 12.8. The fraction of sp³-hybridized carbons (Fsp3) is 0.529. The Bertz CT molecular complexity index is 435. The number of hydrogen-bond donors (Lipinski definition) is 1. The van der Waals surface area contributed by atoms with E-state index in [1.807, 2.05) is 19.1 Å². The fourth-order valence-electron chi connectivity index (χ4n) is 2.10. The Labute approximate surface area is 116 Å². The third-order valence-electron chi connectivity index (χ3n) is 3.50. The summed E-state index contributed by atoms with van der Waals surface area (Å²) in [5.41, 5.74) is 3.04. The lowest BCUT2D eigenvalue weighted by Crippen LogP contribution is -2.29. The molecule has 1 aromatic rings. The van der Waals surface area contributed by atoms with Gasteiger partial charge < -0.3 is 5.32 Å². The normalized spacial score (nSPS) is 13.1. The standard InChI is InChI=1S/C17H26FN/c1-11(2)14(6)16(10-19-12(3)4)15-7-8-17(18)13(5)9-15/h7-9,11-12,16,19H,6,10H2,1-5H3/t16-/m0/s1. The predicted molar refractivity (Wildman–Crippen MR) is 81.0 cm³/mol. The summed E-state index contributed by atoms with van der Waals surface area (Å²) in [4.78, 5) is 0. The molecule has 0 spiro atoms. The third-order valence-corrected chi connectivity index (χ3v) is 3.50. The van der Waals surface area contributed by atoms with Crippen LogP contribution in [-0.4, -0.2) is 12.6 Å². The summed E-state index contributed by atoms with van der Waals surface area (Å²) < 4.78 is 13.4. The molecule has 0 fully saturated rings. The first-order valence-corrected chi connectivity index (χ1v) is 7.01. The average Bonchev–Trinajstić information content (AvgIpc) is 2.33. The zero-order valence-corrected chi connectivity index (χ0v) is 12.8. The lowest BCUT2D eigenvalue weighted by Gasteiger charge is -2.25. The highest BCUT2D eigenvalue weighted by molar-refractivity contribution is 5.33. The van der Waals surface area contributed by atoms with Gasteiger partial charge in [-0.2, -0.15) is 0 Å². The minimum atomic E-state index is -0.144. The van der Waals surface area contributed by atoms with Crippen molar-refractivity contribution in [3.8, 4) is 0 Å². The van der Waals surface area contributed by atoms with E-state index in [0.29, 0.717) is 17.5 Å². The number of benzene rings is 1. The van der Waals surface area contributed by atoms with Crippen molar-refractivity contribution in [3.05, 3.63) is 47.3 Å². The topological polar surface area (TPSA) is 12.0 Å². The second-order valence-electron chi connectivity index (χ2n) is 5.85. The van der Waals surface area contributed by atoms with Crippen molar-refractivity contribution in [1.82, 2.24) is 5.32 Å². The monoisotopic (exact) mass is 263 g/mol. The summed E-state index contributed by atoms with van der Waals surface area (Å²) in [5, 5.41) is 3.46. The molecule has 0 aliphatic carbocycles. The Balaban J connectivity index is 3.00. The molecule has 0 amide bonds. The minimum absolute atomic E-state index is 0.144. The van der Waals surface area contributed by atoms with Gasteiger partial charge in [0.05, 0.1) is 0 Å². The SMILES string of the molecule is C=C(C(C)C)[C@H](CNC(C)C)c1ccc(F)c(C)c1. The van der Waals surface area contributed by atoms with Gasteiger partial charge in [-0.3, -0.25) is 0 Å². The molecule has 19 heavy (non-hydrogen) atoms. The van der Waals surface area contributed by atoms with E-state index in [9.17, 15) is 4.39 Å². The molecule has 0 saturated heterocycles. The van der Waals surface area contributed by atoms with Crippen LogP contribution in [0.5, 0.6) is 0 Å². The van der Waals surface area contributed by atoms with Crippen LogP contribution < -0.4 is 5.32 Å².